The number of fused-ring (bicyclic) bond motifs is 1. The highest BCUT2D eigenvalue weighted by Gasteiger charge is 2.20. The summed E-state index contributed by atoms with van der Waals surface area (Å²) in [7, 11) is 0. The molecule has 0 atom stereocenters. The molecule has 4 rings (SSSR count). The smallest absolute Gasteiger partial charge is 0.181 e. The molecule has 10 heteroatoms. The molecule has 174 valence electrons. The first-order valence-electron chi connectivity index (χ1n) is 10.8. The fourth-order valence-electron chi connectivity index (χ4n) is 3.76. The number of likely N-dealkylation sites (tertiary alicyclic amines) is 1. The Bertz CT molecular complexity index is 1190. The van der Waals surface area contributed by atoms with E-state index in [9.17, 15) is 9.50 Å². The molecule has 0 amide bonds. The first kappa shape index (κ1) is 22.5. The Morgan fingerprint density at radius 3 is 2.82 bits per heavy atom. The van der Waals surface area contributed by atoms with Crippen LogP contribution in [0.3, 0.4) is 0 Å². The lowest BCUT2D eigenvalue weighted by molar-refractivity contribution is 0.109. The van der Waals surface area contributed by atoms with E-state index in [0.29, 0.717) is 48.8 Å². The fraction of sp³-hybridized carbons (Fsp3) is 0.348. The number of aromatic nitrogens is 3. The minimum absolute atomic E-state index is 0.0807. The second-order valence-electron chi connectivity index (χ2n) is 8.05. The molecule has 33 heavy (non-hydrogen) atoms. The third kappa shape index (κ3) is 5.40. The predicted molar refractivity (Wildman–Crippen MR) is 127 cm³/mol. The summed E-state index contributed by atoms with van der Waals surface area (Å²) in [5.74, 6) is 1.38. The number of anilines is 1. The highest BCUT2D eigenvalue weighted by Crippen LogP contribution is 2.27. The summed E-state index contributed by atoms with van der Waals surface area (Å²) < 4.78 is 20.5. The number of nitrogens with zero attached hydrogens (tertiary/aromatic N) is 4. The Morgan fingerprint density at radius 2 is 2.12 bits per heavy atom. The van der Waals surface area contributed by atoms with Gasteiger partial charge in [-0.1, -0.05) is 0 Å². The Kier molecular flexibility index (Phi) is 6.74. The van der Waals surface area contributed by atoms with Crippen LogP contribution < -0.4 is 10.1 Å². The zero-order chi connectivity index (χ0) is 23.4. The van der Waals surface area contributed by atoms with Gasteiger partial charge in [0.25, 0.3) is 0 Å². The molecule has 3 aromatic rings. The zero-order valence-corrected chi connectivity index (χ0v) is 18.7. The van der Waals surface area contributed by atoms with Gasteiger partial charge in [-0.3, -0.25) is 5.10 Å². The van der Waals surface area contributed by atoms with Crippen LogP contribution in [-0.4, -0.2) is 63.7 Å². The van der Waals surface area contributed by atoms with E-state index in [0.717, 1.165) is 16.9 Å². The Hall–Kier alpha value is -3.66. The van der Waals surface area contributed by atoms with Gasteiger partial charge < -0.3 is 25.0 Å². The van der Waals surface area contributed by atoms with E-state index < -0.39 is 5.82 Å². The van der Waals surface area contributed by atoms with E-state index in [1.54, 1.807) is 24.3 Å². The molecule has 0 saturated carbocycles. The number of aliphatic imine (C=N–C) groups is 2. The number of amidine groups is 1. The number of benzene rings is 1. The zero-order valence-electron chi connectivity index (χ0n) is 18.7. The SMILES string of the molecule is C=N/C(=C\C(=N/COc1ccc2[nH]c(C)cc2c1F)N1CCC(O)CC1)Nc1cc(C)[nH]n1. The number of aliphatic hydroxyl groups excluding tert-OH is 1. The predicted octanol–water partition coefficient (Wildman–Crippen LogP) is 3.49. The number of piperidine rings is 1. The van der Waals surface area contributed by atoms with E-state index in [4.69, 9.17) is 4.74 Å². The second-order valence-corrected chi connectivity index (χ2v) is 8.05. The third-order valence-corrected chi connectivity index (χ3v) is 5.47. The molecule has 2 aromatic heterocycles. The summed E-state index contributed by atoms with van der Waals surface area (Å²) in [5.41, 5.74) is 2.50. The summed E-state index contributed by atoms with van der Waals surface area (Å²) in [6.45, 7) is 8.59. The minimum Gasteiger partial charge on any atom is -0.468 e. The van der Waals surface area contributed by atoms with E-state index in [1.165, 1.54) is 0 Å². The highest BCUT2D eigenvalue weighted by atomic mass is 19.1. The molecule has 4 N–H and O–H groups in total. The minimum atomic E-state index is -0.422. The molecule has 9 nitrogen and oxygen atoms in total. The number of aromatic amines is 2. The van der Waals surface area contributed by atoms with Crippen molar-refractivity contribution < 1.29 is 14.2 Å². The quantitative estimate of drug-likeness (QED) is 0.323. The number of halogens is 1. The Balaban J connectivity index is 1.54. The summed E-state index contributed by atoms with van der Waals surface area (Å²) >= 11 is 0. The molecule has 3 heterocycles. The van der Waals surface area contributed by atoms with Gasteiger partial charge in [0.1, 0.15) is 11.7 Å². The number of aliphatic hydroxyl groups is 1. The van der Waals surface area contributed by atoms with Crippen molar-refractivity contribution in [2.24, 2.45) is 9.98 Å². The molecule has 0 spiro atoms. The van der Waals surface area contributed by atoms with Crippen LogP contribution in [0.4, 0.5) is 10.2 Å². The average Bonchev–Trinajstić information content (AvgIpc) is 3.39. The number of ether oxygens (including phenoxy) is 1. The lowest BCUT2D eigenvalue weighted by Crippen LogP contribution is -2.39. The van der Waals surface area contributed by atoms with Gasteiger partial charge in [-0.25, -0.2) is 14.4 Å². The number of hydrogen-bond donors (Lipinski definition) is 4. The fourth-order valence-corrected chi connectivity index (χ4v) is 3.76. The van der Waals surface area contributed by atoms with Crippen LogP contribution in [0.1, 0.15) is 24.2 Å². The van der Waals surface area contributed by atoms with Crippen molar-refractivity contribution in [3.05, 3.63) is 53.4 Å². The van der Waals surface area contributed by atoms with Crippen molar-refractivity contribution >= 4 is 29.3 Å². The summed E-state index contributed by atoms with van der Waals surface area (Å²) in [6, 6.07) is 6.97. The standard InChI is InChI=1S/C23H28FN7O2/c1-14-10-17-18(27-14)4-5-19(23(17)24)33-13-26-22(31-8-6-16(32)7-9-31)12-20(25-3)28-21-11-15(2)29-30-21/h4-5,10-12,16,27,32H,3,6-9,13H2,1-2H3,(H2,28,29,30)/b20-12+,26-22+. The van der Waals surface area contributed by atoms with Gasteiger partial charge in [0.15, 0.2) is 24.1 Å². The maximum Gasteiger partial charge on any atom is 0.181 e. The number of rotatable bonds is 7. The first-order valence-corrected chi connectivity index (χ1v) is 10.8. The monoisotopic (exact) mass is 453 g/mol. The van der Waals surface area contributed by atoms with Crippen LogP contribution in [-0.2, 0) is 0 Å². The van der Waals surface area contributed by atoms with Crippen LogP contribution in [0.25, 0.3) is 10.9 Å². The molecular formula is C23H28FN7O2. The van der Waals surface area contributed by atoms with E-state index in [1.807, 2.05) is 24.8 Å². The van der Waals surface area contributed by atoms with Gasteiger partial charge in [-0.15, -0.1) is 0 Å². The first-order chi connectivity index (χ1) is 15.9. The van der Waals surface area contributed by atoms with Gasteiger partial charge in [-0.2, -0.15) is 5.10 Å². The molecule has 1 aliphatic rings. The summed E-state index contributed by atoms with van der Waals surface area (Å²) in [5, 5.41) is 20.5. The summed E-state index contributed by atoms with van der Waals surface area (Å²) in [4.78, 5) is 13.7. The largest absolute Gasteiger partial charge is 0.468 e. The van der Waals surface area contributed by atoms with Crippen molar-refractivity contribution in [1.29, 1.82) is 0 Å². The molecule has 1 saturated heterocycles. The maximum atomic E-state index is 14.8. The van der Waals surface area contributed by atoms with Crippen LogP contribution in [0.5, 0.6) is 5.75 Å². The molecule has 0 radical (unpaired) electrons. The Morgan fingerprint density at radius 1 is 1.33 bits per heavy atom. The third-order valence-electron chi connectivity index (χ3n) is 5.47. The van der Waals surface area contributed by atoms with Crippen LogP contribution in [0, 0.1) is 19.7 Å². The van der Waals surface area contributed by atoms with Crippen molar-refractivity contribution in [2.75, 3.05) is 25.1 Å². The number of H-pyrrole nitrogens is 2. The molecular weight excluding hydrogens is 425 g/mol. The normalized spacial score (nSPS) is 15.8. The van der Waals surface area contributed by atoms with E-state index in [-0.39, 0.29) is 18.6 Å². The van der Waals surface area contributed by atoms with E-state index in [2.05, 4.69) is 37.2 Å². The topological polar surface area (TPSA) is 114 Å². The van der Waals surface area contributed by atoms with E-state index >= 15 is 0 Å². The molecule has 0 bridgehead atoms. The molecule has 0 aliphatic carbocycles. The average molecular weight is 454 g/mol. The lowest BCUT2D eigenvalue weighted by atomic mass is 10.1. The van der Waals surface area contributed by atoms with Gasteiger partial charge in [0, 0.05) is 47.5 Å². The number of hydrogen-bond acceptors (Lipinski definition) is 6. The van der Waals surface area contributed by atoms with Crippen molar-refractivity contribution in [1.82, 2.24) is 20.1 Å². The second kappa shape index (κ2) is 9.86. The molecule has 1 aromatic carbocycles. The maximum absolute atomic E-state index is 14.8. The van der Waals surface area contributed by atoms with Crippen LogP contribution in [0.2, 0.25) is 0 Å². The van der Waals surface area contributed by atoms with Crippen molar-refractivity contribution in [3.63, 3.8) is 0 Å². The van der Waals surface area contributed by atoms with Crippen LogP contribution >= 0.6 is 0 Å². The van der Waals surface area contributed by atoms with Crippen molar-refractivity contribution in [3.8, 4) is 5.75 Å². The van der Waals surface area contributed by atoms with Gasteiger partial charge >= 0.3 is 0 Å². The van der Waals surface area contributed by atoms with Gasteiger partial charge in [0.05, 0.1) is 6.10 Å². The van der Waals surface area contributed by atoms with Crippen LogP contribution in [0.15, 0.2) is 46.1 Å². The highest BCUT2D eigenvalue weighted by molar-refractivity contribution is 5.94. The van der Waals surface area contributed by atoms with Gasteiger partial charge in [0.2, 0.25) is 0 Å². The number of nitrogens with one attached hydrogen (secondary N) is 3. The molecule has 1 fully saturated rings. The summed E-state index contributed by atoms with van der Waals surface area (Å²) in [6.07, 6.45) is 2.69. The van der Waals surface area contributed by atoms with Gasteiger partial charge in [-0.05, 0) is 51.6 Å². The molecule has 1 aliphatic heterocycles. The lowest BCUT2D eigenvalue weighted by Gasteiger charge is -2.31. The van der Waals surface area contributed by atoms with Crippen molar-refractivity contribution in [2.45, 2.75) is 32.8 Å². The Labute approximate surface area is 191 Å². The molecule has 0 unspecified atom stereocenters. The number of aryl methyl sites for hydroxylation is 2.